The minimum absolute atomic E-state index is 0.0390. The van der Waals surface area contributed by atoms with Gasteiger partial charge >= 0.3 is 5.25 Å². The van der Waals surface area contributed by atoms with Crippen molar-refractivity contribution in [3.8, 4) is 0 Å². The first-order chi connectivity index (χ1) is 15.3. The first-order valence-corrected chi connectivity index (χ1v) is 12.2. The summed E-state index contributed by atoms with van der Waals surface area (Å²) in [5.41, 5.74) is -0.503. The summed E-state index contributed by atoms with van der Waals surface area (Å²) < 4.78 is 41.0. The fourth-order valence-corrected chi connectivity index (χ4v) is 5.75. The molecule has 1 saturated heterocycles. The van der Waals surface area contributed by atoms with Crippen molar-refractivity contribution in [1.29, 1.82) is 0 Å². The summed E-state index contributed by atoms with van der Waals surface area (Å²) in [5.74, 6) is 1.39. The third kappa shape index (κ3) is 3.84. The van der Waals surface area contributed by atoms with E-state index >= 15 is 0 Å². The maximum Gasteiger partial charge on any atom is 0.331 e. The van der Waals surface area contributed by atoms with E-state index in [0.29, 0.717) is 36.9 Å². The van der Waals surface area contributed by atoms with E-state index < -0.39 is 28.0 Å². The molecule has 0 unspecified atom stereocenters. The lowest BCUT2D eigenvalue weighted by Crippen LogP contribution is -2.49. The molecule has 3 aliphatic rings. The van der Waals surface area contributed by atoms with Gasteiger partial charge in [0.25, 0.3) is 0 Å². The van der Waals surface area contributed by atoms with Gasteiger partial charge in [-0.3, -0.25) is 0 Å². The van der Waals surface area contributed by atoms with E-state index in [1.807, 2.05) is 4.90 Å². The molecule has 1 saturated carbocycles. The van der Waals surface area contributed by atoms with Crippen molar-refractivity contribution in [3.05, 3.63) is 28.9 Å². The summed E-state index contributed by atoms with van der Waals surface area (Å²) in [5, 5.41) is 10.1. The molecule has 2 aliphatic heterocycles. The third-order valence-corrected chi connectivity index (χ3v) is 8.22. The third-order valence-electron chi connectivity index (χ3n) is 6.53. The van der Waals surface area contributed by atoms with Crippen LogP contribution in [0.4, 0.5) is 20.5 Å². The number of alkyl halides is 2. The lowest BCUT2D eigenvalue weighted by Gasteiger charge is -2.41. The molecule has 0 radical (unpaired) electrons. The number of hydrogen-bond acceptors (Lipinski definition) is 8. The SMILES string of the molecule is O=[S@@]1c2c(nc(N3CCC(c4ncc(Cl)cn4)CC3)nc2NC2(CO)CCC2)CC1(F)F. The molecular weight excluding hydrogens is 462 g/mol. The summed E-state index contributed by atoms with van der Waals surface area (Å²) in [4.78, 5) is 19.4. The van der Waals surface area contributed by atoms with Gasteiger partial charge in [0, 0.05) is 31.4 Å². The number of nitrogens with one attached hydrogen (secondary N) is 1. The number of aliphatic hydroxyl groups excluding tert-OH is 1. The monoisotopic (exact) mass is 484 g/mol. The normalized spacial score (nSPS) is 24.1. The number of fused-ring (bicyclic) bond motifs is 1. The van der Waals surface area contributed by atoms with E-state index in [1.54, 1.807) is 12.4 Å². The Morgan fingerprint density at radius 3 is 2.50 bits per heavy atom. The number of anilines is 2. The highest BCUT2D eigenvalue weighted by Crippen LogP contribution is 2.44. The largest absolute Gasteiger partial charge is 0.394 e. The molecule has 1 atom stereocenters. The molecule has 2 fully saturated rings. The Hall–Kier alpha value is -1.98. The summed E-state index contributed by atoms with van der Waals surface area (Å²) in [6.45, 7) is 1.08. The van der Waals surface area contributed by atoms with Crippen LogP contribution in [0, 0.1) is 0 Å². The van der Waals surface area contributed by atoms with Crippen molar-refractivity contribution >= 4 is 34.2 Å². The molecule has 0 bridgehead atoms. The Kier molecular flexibility index (Phi) is 5.53. The predicted octanol–water partition coefficient (Wildman–Crippen LogP) is 2.89. The number of aliphatic hydroxyl groups is 1. The van der Waals surface area contributed by atoms with E-state index in [2.05, 4.69) is 25.3 Å². The van der Waals surface area contributed by atoms with Gasteiger partial charge in [-0.2, -0.15) is 13.8 Å². The van der Waals surface area contributed by atoms with Crippen molar-refractivity contribution < 1.29 is 18.1 Å². The van der Waals surface area contributed by atoms with Crippen molar-refractivity contribution in [2.45, 2.75) is 60.1 Å². The second kappa shape index (κ2) is 8.11. The van der Waals surface area contributed by atoms with Gasteiger partial charge in [0.1, 0.15) is 27.3 Å². The molecule has 0 aromatic carbocycles. The highest BCUT2D eigenvalue weighted by atomic mass is 35.5. The second-order valence-corrected chi connectivity index (χ2v) is 10.6. The van der Waals surface area contributed by atoms with E-state index in [0.717, 1.165) is 25.1 Å². The zero-order valence-corrected chi connectivity index (χ0v) is 18.8. The number of hydrogen-bond donors (Lipinski definition) is 2. The second-order valence-electron chi connectivity index (χ2n) is 8.67. The van der Waals surface area contributed by atoms with Crippen LogP contribution < -0.4 is 10.2 Å². The van der Waals surface area contributed by atoms with Crippen LogP contribution in [-0.2, 0) is 17.2 Å². The molecule has 12 heteroatoms. The standard InChI is InChI=1S/C20H23ClF2N6O2S/c21-13-9-24-16(25-10-13)12-2-6-29(7-3-12)18-26-14-8-20(22,23)32(31)15(14)17(27-18)28-19(11-30)4-1-5-19/h9-10,12,30H,1-8,11H2,(H,26,27,28)/t32-/m1/s1. The van der Waals surface area contributed by atoms with Crippen LogP contribution in [0.5, 0.6) is 0 Å². The Morgan fingerprint density at radius 2 is 1.91 bits per heavy atom. The molecular formula is C20H23ClF2N6O2S. The molecule has 2 aromatic heterocycles. The highest BCUT2D eigenvalue weighted by Gasteiger charge is 2.50. The molecule has 8 nitrogen and oxygen atoms in total. The zero-order chi connectivity index (χ0) is 22.5. The lowest BCUT2D eigenvalue weighted by atomic mass is 9.77. The van der Waals surface area contributed by atoms with Crippen LogP contribution in [0.15, 0.2) is 17.3 Å². The number of piperidine rings is 1. The molecule has 2 aromatic rings. The minimum atomic E-state index is -3.38. The summed E-state index contributed by atoms with van der Waals surface area (Å²) in [7, 11) is -2.53. The van der Waals surface area contributed by atoms with Crippen LogP contribution in [0.25, 0.3) is 0 Å². The van der Waals surface area contributed by atoms with Crippen LogP contribution >= 0.6 is 11.6 Å². The highest BCUT2D eigenvalue weighted by molar-refractivity contribution is 7.86. The fraction of sp³-hybridized carbons (Fsp3) is 0.600. The average molecular weight is 485 g/mol. The van der Waals surface area contributed by atoms with Gasteiger partial charge in [-0.15, -0.1) is 0 Å². The first kappa shape index (κ1) is 21.8. The van der Waals surface area contributed by atoms with E-state index in [-0.39, 0.29) is 28.9 Å². The summed E-state index contributed by atoms with van der Waals surface area (Å²) in [6, 6.07) is 0. The topological polar surface area (TPSA) is 104 Å². The molecule has 172 valence electrons. The molecule has 5 rings (SSSR count). The number of aromatic nitrogens is 4. The summed E-state index contributed by atoms with van der Waals surface area (Å²) >= 11 is 5.87. The van der Waals surface area contributed by atoms with Crippen molar-refractivity contribution in [3.63, 3.8) is 0 Å². The minimum Gasteiger partial charge on any atom is -0.394 e. The van der Waals surface area contributed by atoms with Gasteiger partial charge in [-0.05, 0) is 32.1 Å². The molecule has 0 amide bonds. The van der Waals surface area contributed by atoms with Crippen LogP contribution in [0.3, 0.4) is 0 Å². The molecule has 4 heterocycles. The Bertz CT molecular complexity index is 1040. The lowest BCUT2D eigenvalue weighted by molar-refractivity contribution is 0.104. The Morgan fingerprint density at radius 1 is 1.22 bits per heavy atom. The number of halogens is 3. The van der Waals surface area contributed by atoms with E-state index in [4.69, 9.17) is 11.6 Å². The predicted molar refractivity (Wildman–Crippen MR) is 116 cm³/mol. The van der Waals surface area contributed by atoms with Crippen molar-refractivity contribution in [2.75, 3.05) is 29.9 Å². The Balaban J connectivity index is 1.41. The van der Waals surface area contributed by atoms with E-state index in [1.165, 1.54) is 0 Å². The number of rotatable bonds is 5. The molecule has 0 spiro atoms. The maximum atomic E-state index is 14.3. The zero-order valence-electron chi connectivity index (χ0n) is 17.2. The van der Waals surface area contributed by atoms with E-state index in [9.17, 15) is 18.1 Å². The van der Waals surface area contributed by atoms with Gasteiger partial charge in [-0.1, -0.05) is 11.6 Å². The average Bonchev–Trinajstić information content (AvgIpc) is 2.99. The van der Waals surface area contributed by atoms with Gasteiger partial charge < -0.3 is 15.3 Å². The molecule has 32 heavy (non-hydrogen) atoms. The van der Waals surface area contributed by atoms with Crippen molar-refractivity contribution in [1.82, 2.24) is 19.9 Å². The quantitative estimate of drug-likeness (QED) is 0.667. The summed E-state index contributed by atoms with van der Waals surface area (Å²) in [6.07, 6.45) is 6.32. The van der Waals surface area contributed by atoms with Crippen LogP contribution in [0.2, 0.25) is 5.02 Å². The van der Waals surface area contributed by atoms with Gasteiger partial charge in [0.2, 0.25) is 5.95 Å². The van der Waals surface area contributed by atoms with Crippen molar-refractivity contribution in [2.24, 2.45) is 0 Å². The van der Waals surface area contributed by atoms with Crippen LogP contribution in [-0.4, -0.2) is 59.7 Å². The smallest absolute Gasteiger partial charge is 0.331 e. The van der Waals surface area contributed by atoms with Gasteiger partial charge in [0.15, 0.2) is 0 Å². The maximum absolute atomic E-state index is 14.3. The van der Waals surface area contributed by atoms with Gasteiger partial charge in [-0.25, -0.2) is 19.2 Å². The fourth-order valence-electron chi connectivity index (χ4n) is 4.48. The van der Waals surface area contributed by atoms with Gasteiger partial charge in [0.05, 0.1) is 29.3 Å². The van der Waals surface area contributed by atoms with Crippen LogP contribution in [0.1, 0.15) is 49.5 Å². The number of nitrogens with zero attached hydrogens (tertiary/aromatic N) is 5. The molecule has 1 aliphatic carbocycles. The molecule has 2 N–H and O–H groups in total. The Labute approximate surface area is 191 Å². The first-order valence-electron chi connectivity index (χ1n) is 10.6.